The maximum absolute atomic E-state index is 11.9. The largest absolute Gasteiger partial charge is 0.259 e. The summed E-state index contributed by atoms with van der Waals surface area (Å²) in [5.74, 6) is 2.06. The van der Waals surface area contributed by atoms with Gasteiger partial charge in [-0.2, -0.15) is 0 Å². The number of fused-ring (bicyclic) bond motifs is 1. The van der Waals surface area contributed by atoms with E-state index in [9.17, 15) is 4.21 Å². The lowest BCUT2D eigenvalue weighted by molar-refractivity contribution is 0.679. The van der Waals surface area contributed by atoms with Crippen LogP contribution in [0.3, 0.4) is 0 Å². The molecule has 18 heavy (non-hydrogen) atoms. The minimum Gasteiger partial charge on any atom is -0.259 e. The van der Waals surface area contributed by atoms with Gasteiger partial charge in [0, 0.05) is 28.2 Å². The van der Waals surface area contributed by atoms with Crippen molar-refractivity contribution in [2.24, 2.45) is 0 Å². The molecule has 0 radical (unpaired) electrons. The molecule has 0 aliphatic carbocycles. The van der Waals surface area contributed by atoms with Gasteiger partial charge >= 0.3 is 0 Å². The molecule has 0 heterocycles. The van der Waals surface area contributed by atoms with Crippen LogP contribution >= 0.6 is 11.6 Å². The van der Waals surface area contributed by atoms with Gasteiger partial charge in [0.1, 0.15) is 0 Å². The Morgan fingerprint density at radius 3 is 2.56 bits per heavy atom. The van der Waals surface area contributed by atoms with Crippen LogP contribution in [0.1, 0.15) is 18.4 Å². The summed E-state index contributed by atoms with van der Waals surface area (Å²) < 4.78 is 11.9. The highest BCUT2D eigenvalue weighted by atomic mass is 35.5. The van der Waals surface area contributed by atoms with Gasteiger partial charge in [0.05, 0.1) is 0 Å². The van der Waals surface area contributed by atoms with E-state index in [-0.39, 0.29) is 0 Å². The molecule has 1 atom stereocenters. The molecule has 0 aromatic heterocycles. The van der Waals surface area contributed by atoms with Crippen molar-refractivity contribution in [3.8, 4) is 0 Å². The number of benzene rings is 2. The Bertz CT molecular complexity index is 539. The van der Waals surface area contributed by atoms with Crippen LogP contribution in [-0.2, 0) is 16.6 Å². The Hall–Kier alpha value is -0.860. The van der Waals surface area contributed by atoms with E-state index in [0.717, 1.165) is 24.2 Å². The summed E-state index contributed by atoms with van der Waals surface area (Å²) in [6.07, 6.45) is 1.90. The summed E-state index contributed by atoms with van der Waals surface area (Å²) in [7, 11) is -0.774. The van der Waals surface area contributed by atoms with Gasteiger partial charge in [-0.1, -0.05) is 42.5 Å². The van der Waals surface area contributed by atoms with E-state index in [1.807, 2.05) is 12.1 Å². The van der Waals surface area contributed by atoms with E-state index in [0.29, 0.717) is 11.6 Å². The third-order valence-corrected chi connectivity index (χ3v) is 4.56. The van der Waals surface area contributed by atoms with Crippen molar-refractivity contribution in [3.63, 3.8) is 0 Å². The molecule has 0 aliphatic heterocycles. The van der Waals surface area contributed by atoms with Crippen molar-refractivity contribution >= 4 is 33.2 Å². The molecular formula is C15H17ClOS. The second-order valence-electron chi connectivity index (χ2n) is 4.37. The van der Waals surface area contributed by atoms with Crippen LogP contribution in [0.2, 0.25) is 0 Å². The summed E-state index contributed by atoms with van der Waals surface area (Å²) in [4.78, 5) is 0. The molecule has 3 heteroatoms. The Balaban J connectivity index is 2.01. The molecule has 1 unspecified atom stereocenters. The molecule has 0 saturated heterocycles. The van der Waals surface area contributed by atoms with E-state index in [1.165, 1.54) is 10.8 Å². The lowest BCUT2D eigenvalue weighted by atomic mass is 10.1. The van der Waals surface area contributed by atoms with Gasteiger partial charge in [0.25, 0.3) is 0 Å². The fourth-order valence-corrected chi connectivity index (χ4v) is 3.35. The summed E-state index contributed by atoms with van der Waals surface area (Å²) in [6, 6.07) is 14.6. The van der Waals surface area contributed by atoms with Crippen LogP contribution in [-0.4, -0.2) is 15.8 Å². The summed E-state index contributed by atoms with van der Waals surface area (Å²) >= 11 is 5.61. The maximum Gasteiger partial charge on any atom is 0.0485 e. The van der Waals surface area contributed by atoms with Gasteiger partial charge in [-0.3, -0.25) is 4.21 Å². The molecule has 2 rings (SSSR count). The number of rotatable bonds is 6. The predicted molar refractivity (Wildman–Crippen MR) is 80.6 cm³/mol. The average molecular weight is 281 g/mol. The number of alkyl halides is 1. The van der Waals surface area contributed by atoms with Crippen molar-refractivity contribution in [3.05, 3.63) is 48.0 Å². The fourth-order valence-electron chi connectivity index (χ4n) is 1.94. The van der Waals surface area contributed by atoms with Gasteiger partial charge in [-0.15, -0.1) is 11.6 Å². The molecular weight excluding hydrogens is 264 g/mol. The van der Waals surface area contributed by atoms with Crippen LogP contribution in [0, 0.1) is 0 Å². The van der Waals surface area contributed by atoms with Crippen molar-refractivity contribution in [2.45, 2.75) is 18.6 Å². The standard InChI is InChI=1S/C15H17ClOS/c16-9-3-4-10-18(17)12-13-7-8-14-5-1-2-6-15(14)11-13/h1-2,5-8,11H,3-4,9-10,12H2. The van der Waals surface area contributed by atoms with Crippen molar-refractivity contribution in [1.82, 2.24) is 0 Å². The second kappa shape index (κ2) is 6.91. The summed E-state index contributed by atoms with van der Waals surface area (Å²) in [6.45, 7) is 0. The zero-order valence-corrected chi connectivity index (χ0v) is 11.8. The Morgan fingerprint density at radius 2 is 1.78 bits per heavy atom. The smallest absolute Gasteiger partial charge is 0.0485 e. The average Bonchev–Trinajstić information content (AvgIpc) is 2.39. The van der Waals surface area contributed by atoms with E-state index >= 15 is 0 Å². The van der Waals surface area contributed by atoms with E-state index in [2.05, 4.69) is 30.3 Å². The van der Waals surface area contributed by atoms with Gasteiger partial charge in [-0.25, -0.2) is 0 Å². The molecule has 96 valence electrons. The molecule has 0 aliphatic rings. The Morgan fingerprint density at radius 1 is 1.00 bits per heavy atom. The van der Waals surface area contributed by atoms with E-state index < -0.39 is 10.8 Å². The first-order chi connectivity index (χ1) is 8.79. The number of halogens is 1. The Labute approximate surface area is 116 Å². The van der Waals surface area contributed by atoms with E-state index in [4.69, 9.17) is 11.6 Å². The molecule has 0 N–H and O–H groups in total. The predicted octanol–water partition coefficient (Wildman–Crippen LogP) is 4.11. The molecule has 0 spiro atoms. The monoisotopic (exact) mass is 280 g/mol. The molecule has 1 nitrogen and oxygen atoms in total. The summed E-state index contributed by atoms with van der Waals surface area (Å²) in [5, 5.41) is 2.45. The number of hydrogen-bond donors (Lipinski definition) is 0. The maximum atomic E-state index is 11.9. The Kier molecular flexibility index (Phi) is 5.21. The molecule has 0 saturated carbocycles. The quantitative estimate of drug-likeness (QED) is 0.575. The van der Waals surface area contributed by atoms with Crippen molar-refractivity contribution < 1.29 is 4.21 Å². The van der Waals surface area contributed by atoms with Gasteiger partial charge in [0.2, 0.25) is 0 Å². The van der Waals surface area contributed by atoms with Gasteiger partial charge in [-0.05, 0) is 29.2 Å². The topological polar surface area (TPSA) is 17.1 Å². The van der Waals surface area contributed by atoms with Crippen LogP contribution in [0.5, 0.6) is 0 Å². The lowest BCUT2D eigenvalue weighted by Gasteiger charge is -2.04. The minimum atomic E-state index is -0.774. The van der Waals surface area contributed by atoms with Gasteiger partial charge < -0.3 is 0 Å². The van der Waals surface area contributed by atoms with Gasteiger partial charge in [0.15, 0.2) is 0 Å². The first-order valence-electron chi connectivity index (χ1n) is 6.18. The lowest BCUT2D eigenvalue weighted by Crippen LogP contribution is -2.01. The molecule has 2 aromatic carbocycles. The second-order valence-corrected chi connectivity index (χ2v) is 6.32. The molecule has 2 aromatic rings. The highest BCUT2D eigenvalue weighted by molar-refractivity contribution is 7.84. The SMILES string of the molecule is O=S(CCCCCl)Cc1ccc2ccccc2c1. The van der Waals surface area contributed by atoms with Crippen molar-refractivity contribution in [2.75, 3.05) is 11.6 Å². The van der Waals surface area contributed by atoms with Crippen LogP contribution in [0.25, 0.3) is 10.8 Å². The van der Waals surface area contributed by atoms with Crippen LogP contribution < -0.4 is 0 Å². The highest BCUT2D eigenvalue weighted by Crippen LogP contribution is 2.16. The molecule has 0 amide bonds. The molecule has 0 bridgehead atoms. The van der Waals surface area contributed by atoms with Crippen LogP contribution in [0.4, 0.5) is 0 Å². The highest BCUT2D eigenvalue weighted by Gasteiger charge is 2.02. The normalized spacial score (nSPS) is 12.7. The number of hydrogen-bond acceptors (Lipinski definition) is 1. The summed E-state index contributed by atoms with van der Waals surface area (Å²) in [5.41, 5.74) is 1.15. The fraction of sp³-hybridized carbons (Fsp3) is 0.333. The zero-order chi connectivity index (χ0) is 12.8. The van der Waals surface area contributed by atoms with Crippen LogP contribution in [0.15, 0.2) is 42.5 Å². The third kappa shape index (κ3) is 3.82. The third-order valence-electron chi connectivity index (χ3n) is 2.90. The first-order valence-corrected chi connectivity index (χ1v) is 8.20. The molecule has 0 fully saturated rings. The minimum absolute atomic E-state index is 0.646. The van der Waals surface area contributed by atoms with E-state index in [1.54, 1.807) is 0 Å². The zero-order valence-electron chi connectivity index (χ0n) is 10.3. The first kappa shape index (κ1) is 13.6. The van der Waals surface area contributed by atoms with Crippen molar-refractivity contribution in [1.29, 1.82) is 0 Å². The number of unbranched alkanes of at least 4 members (excludes halogenated alkanes) is 1.